The molecule has 0 fully saturated rings. The summed E-state index contributed by atoms with van der Waals surface area (Å²) in [7, 11) is 3.47. The summed E-state index contributed by atoms with van der Waals surface area (Å²) in [6, 6.07) is 3.35. The Morgan fingerprint density at radius 2 is 2.24 bits per heavy atom. The number of hydrogen-bond acceptors (Lipinski definition) is 4. The minimum atomic E-state index is -0.273. The number of likely N-dealkylation sites (N-methyl/N-ethyl adjacent to an activating group) is 1. The molecule has 1 unspecified atom stereocenters. The predicted octanol–water partition coefficient (Wildman–Crippen LogP) is 1.37. The average molecular weight is 237 g/mol. The highest BCUT2D eigenvalue weighted by molar-refractivity contribution is 5.83. The van der Waals surface area contributed by atoms with Gasteiger partial charge in [0.1, 0.15) is 6.04 Å². The average Bonchev–Trinajstić information content (AvgIpc) is 2.30. The normalized spacial score (nSPS) is 11.8. The monoisotopic (exact) mass is 237 g/mol. The number of carbonyl (C=O) groups excluding carboxylic acids is 1. The second-order valence-corrected chi connectivity index (χ2v) is 3.92. The van der Waals surface area contributed by atoms with Gasteiger partial charge < -0.3 is 15.0 Å². The van der Waals surface area contributed by atoms with Crippen LogP contribution >= 0.6 is 0 Å². The molecule has 0 aliphatic heterocycles. The Balaban J connectivity index is 2.60. The van der Waals surface area contributed by atoms with E-state index in [0.717, 1.165) is 5.69 Å². The van der Waals surface area contributed by atoms with Crippen LogP contribution in [0.5, 0.6) is 5.88 Å². The molecule has 1 aromatic rings. The zero-order valence-electron chi connectivity index (χ0n) is 10.7. The number of nitrogens with one attached hydrogen (secondary N) is 1. The molecule has 1 aromatic heterocycles. The molecule has 1 heterocycles. The van der Waals surface area contributed by atoms with Gasteiger partial charge in [-0.25, -0.2) is 4.98 Å². The lowest BCUT2D eigenvalue weighted by molar-refractivity contribution is -0.129. The van der Waals surface area contributed by atoms with Gasteiger partial charge in [0.05, 0.1) is 18.5 Å². The van der Waals surface area contributed by atoms with Gasteiger partial charge in [0.25, 0.3) is 0 Å². The maximum absolute atomic E-state index is 11.6. The number of pyridine rings is 1. The molecule has 1 atom stereocenters. The maximum atomic E-state index is 11.6. The smallest absolute Gasteiger partial charge is 0.244 e. The number of hydrogen-bond donors (Lipinski definition) is 1. The first-order valence-corrected chi connectivity index (χ1v) is 5.61. The molecular formula is C12H19N3O2. The van der Waals surface area contributed by atoms with Crippen LogP contribution in [-0.4, -0.2) is 42.5 Å². The Labute approximate surface area is 102 Å². The van der Waals surface area contributed by atoms with Gasteiger partial charge in [-0.3, -0.25) is 4.79 Å². The van der Waals surface area contributed by atoms with E-state index in [9.17, 15) is 4.79 Å². The molecule has 17 heavy (non-hydrogen) atoms. The number of carbonyl (C=O) groups is 1. The van der Waals surface area contributed by atoms with Gasteiger partial charge in [-0.1, -0.05) is 0 Å². The van der Waals surface area contributed by atoms with E-state index in [2.05, 4.69) is 10.3 Å². The molecule has 1 N–H and O–H groups in total. The number of ether oxygens (including phenoxy) is 1. The highest BCUT2D eigenvalue weighted by Crippen LogP contribution is 2.12. The quantitative estimate of drug-likeness (QED) is 0.840. The molecule has 0 aromatic carbocycles. The third kappa shape index (κ3) is 3.94. The van der Waals surface area contributed by atoms with Gasteiger partial charge in [-0.05, 0) is 19.9 Å². The van der Waals surface area contributed by atoms with Gasteiger partial charge in [-0.2, -0.15) is 0 Å². The summed E-state index contributed by atoms with van der Waals surface area (Å²) in [5.74, 6) is 0.614. The molecule has 5 heteroatoms. The molecule has 0 bridgehead atoms. The zero-order valence-corrected chi connectivity index (χ0v) is 10.7. The third-order valence-corrected chi connectivity index (χ3v) is 2.22. The van der Waals surface area contributed by atoms with Crippen molar-refractivity contribution < 1.29 is 9.53 Å². The van der Waals surface area contributed by atoms with E-state index in [1.165, 1.54) is 0 Å². The molecule has 0 spiro atoms. The summed E-state index contributed by atoms with van der Waals surface area (Å²) in [6.07, 6.45) is 1.66. The van der Waals surface area contributed by atoms with Crippen LogP contribution in [0, 0.1) is 0 Å². The Bertz CT molecular complexity index is 363. The third-order valence-electron chi connectivity index (χ3n) is 2.22. The number of amides is 1. The largest absolute Gasteiger partial charge is 0.478 e. The fraction of sp³-hybridized carbons (Fsp3) is 0.500. The van der Waals surface area contributed by atoms with Crippen LogP contribution in [0.25, 0.3) is 0 Å². The zero-order chi connectivity index (χ0) is 12.8. The van der Waals surface area contributed by atoms with Crippen molar-refractivity contribution in [3.05, 3.63) is 18.3 Å². The van der Waals surface area contributed by atoms with E-state index in [4.69, 9.17) is 4.74 Å². The number of nitrogens with zero attached hydrogens (tertiary/aromatic N) is 2. The second kappa shape index (κ2) is 6.08. The van der Waals surface area contributed by atoms with Crippen LogP contribution < -0.4 is 10.1 Å². The first-order valence-electron chi connectivity index (χ1n) is 5.61. The lowest BCUT2D eigenvalue weighted by atomic mass is 10.3. The van der Waals surface area contributed by atoms with Gasteiger partial charge in [0.15, 0.2) is 0 Å². The molecule has 1 amide bonds. The lowest BCUT2D eigenvalue weighted by Crippen LogP contribution is -2.36. The van der Waals surface area contributed by atoms with Crippen LogP contribution in [0.1, 0.15) is 13.8 Å². The lowest BCUT2D eigenvalue weighted by Gasteiger charge is -2.18. The molecule has 0 aliphatic carbocycles. The Morgan fingerprint density at radius 3 is 2.71 bits per heavy atom. The molecule has 1 rings (SSSR count). The maximum Gasteiger partial charge on any atom is 0.244 e. The first kappa shape index (κ1) is 13.3. The van der Waals surface area contributed by atoms with Crippen LogP contribution in [-0.2, 0) is 4.79 Å². The van der Waals surface area contributed by atoms with Crippen molar-refractivity contribution in [2.45, 2.75) is 19.9 Å². The topological polar surface area (TPSA) is 54.5 Å². The number of anilines is 1. The van der Waals surface area contributed by atoms with Gasteiger partial charge in [-0.15, -0.1) is 0 Å². The summed E-state index contributed by atoms with van der Waals surface area (Å²) in [4.78, 5) is 17.3. The van der Waals surface area contributed by atoms with Gasteiger partial charge in [0, 0.05) is 20.2 Å². The fourth-order valence-electron chi connectivity index (χ4n) is 1.40. The molecule has 94 valence electrons. The van der Waals surface area contributed by atoms with Crippen molar-refractivity contribution in [3.8, 4) is 5.88 Å². The standard InChI is InChI=1S/C12H19N3O2/c1-5-17-11-7-6-10(8-13-11)14-9(2)12(16)15(3)4/h6-9,14H,5H2,1-4H3. The highest BCUT2D eigenvalue weighted by Gasteiger charge is 2.14. The van der Waals surface area contributed by atoms with Crippen molar-refractivity contribution in [2.75, 3.05) is 26.0 Å². The minimum absolute atomic E-state index is 0.0267. The number of rotatable bonds is 5. The summed E-state index contributed by atoms with van der Waals surface area (Å²) in [5, 5.41) is 3.08. The van der Waals surface area contributed by atoms with E-state index in [0.29, 0.717) is 12.5 Å². The SMILES string of the molecule is CCOc1ccc(NC(C)C(=O)N(C)C)cn1. The Morgan fingerprint density at radius 1 is 1.53 bits per heavy atom. The summed E-state index contributed by atoms with van der Waals surface area (Å²) in [6.45, 7) is 4.32. The van der Waals surface area contributed by atoms with Crippen molar-refractivity contribution in [2.24, 2.45) is 0 Å². The Kier molecular flexibility index (Phi) is 4.75. The molecule has 0 aliphatic rings. The van der Waals surface area contributed by atoms with Crippen LogP contribution in [0.4, 0.5) is 5.69 Å². The molecule has 0 saturated carbocycles. The fourth-order valence-corrected chi connectivity index (χ4v) is 1.40. The summed E-state index contributed by atoms with van der Waals surface area (Å²) < 4.78 is 5.24. The van der Waals surface area contributed by atoms with Crippen molar-refractivity contribution in [3.63, 3.8) is 0 Å². The van der Waals surface area contributed by atoms with Crippen molar-refractivity contribution in [1.82, 2.24) is 9.88 Å². The van der Waals surface area contributed by atoms with Crippen LogP contribution in [0.3, 0.4) is 0 Å². The Hall–Kier alpha value is -1.78. The molecular weight excluding hydrogens is 218 g/mol. The first-order chi connectivity index (χ1) is 8.04. The van der Waals surface area contributed by atoms with Crippen LogP contribution in [0.15, 0.2) is 18.3 Å². The van der Waals surface area contributed by atoms with Gasteiger partial charge in [0.2, 0.25) is 11.8 Å². The predicted molar refractivity (Wildman–Crippen MR) is 67.2 cm³/mol. The van der Waals surface area contributed by atoms with E-state index >= 15 is 0 Å². The van der Waals surface area contributed by atoms with E-state index in [1.807, 2.05) is 19.9 Å². The van der Waals surface area contributed by atoms with Crippen LogP contribution in [0.2, 0.25) is 0 Å². The summed E-state index contributed by atoms with van der Waals surface area (Å²) in [5.41, 5.74) is 0.802. The summed E-state index contributed by atoms with van der Waals surface area (Å²) >= 11 is 0. The minimum Gasteiger partial charge on any atom is -0.478 e. The van der Waals surface area contributed by atoms with E-state index in [-0.39, 0.29) is 11.9 Å². The van der Waals surface area contributed by atoms with Crippen molar-refractivity contribution in [1.29, 1.82) is 0 Å². The van der Waals surface area contributed by atoms with E-state index in [1.54, 1.807) is 31.3 Å². The number of aromatic nitrogens is 1. The van der Waals surface area contributed by atoms with E-state index < -0.39 is 0 Å². The highest BCUT2D eigenvalue weighted by atomic mass is 16.5. The van der Waals surface area contributed by atoms with Crippen molar-refractivity contribution >= 4 is 11.6 Å². The molecule has 0 radical (unpaired) electrons. The second-order valence-electron chi connectivity index (χ2n) is 3.92. The molecule has 5 nitrogen and oxygen atoms in total. The van der Waals surface area contributed by atoms with Gasteiger partial charge >= 0.3 is 0 Å². The molecule has 0 saturated heterocycles.